The molecule has 12 heteroatoms. The minimum atomic E-state index is -4.23. The number of halogens is 3. The van der Waals surface area contributed by atoms with Gasteiger partial charge < -0.3 is 0 Å². The summed E-state index contributed by atoms with van der Waals surface area (Å²) in [6, 6.07) is -1.10. The molecule has 112 valence electrons. The number of nitrogens with zero attached hydrogens (tertiary/aromatic N) is 3. The van der Waals surface area contributed by atoms with Crippen molar-refractivity contribution in [3.63, 3.8) is 0 Å². The van der Waals surface area contributed by atoms with E-state index in [1.165, 1.54) is 0 Å². The van der Waals surface area contributed by atoms with E-state index in [1.54, 1.807) is 18.6 Å². The molecule has 0 spiro atoms. The van der Waals surface area contributed by atoms with E-state index in [1.807, 2.05) is 0 Å². The lowest BCUT2D eigenvalue weighted by molar-refractivity contribution is 0.256. The van der Waals surface area contributed by atoms with Gasteiger partial charge in [-0.2, -0.15) is 5.10 Å². The largest absolute Gasteiger partial charge is 0.335 e. The van der Waals surface area contributed by atoms with Crippen LogP contribution in [0.1, 0.15) is 11.4 Å². The van der Waals surface area contributed by atoms with Gasteiger partial charge in [-0.05, 0) is 13.8 Å². The molecule has 0 radical (unpaired) electrons. The molecule has 1 aromatic rings. The molecule has 0 aliphatic rings. The molecular weight excluding hydrogens is 353 g/mol. The van der Waals surface area contributed by atoms with E-state index >= 15 is 0 Å². The number of hydrogen-bond donors (Lipinski definition) is 2. The van der Waals surface area contributed by atoms with Crippen molar-refractivity contribution in [2.75, 3.05) is 5.32 Å². The van der Waals surface area contributed by atoms with Crippen LogP contribution in [-0.2, 0) is 10.0 Å². The fourth-order valence-electron chi connectivity index (χ4n) is 0.958. The smallest absolute Gasteiger partial charge is 0.274 e. The lowest BCUT2D eigenvalue weighted by Crippen LogP contribution is -2.41. The average molecular weight is 363 g/mol. The van der Waals surface area contributed by atoms with Gasteiger partial charge in [-0.15, -0.1) is 39.9 Å². The monoisotopic (exact) mass is 361 g/mol. The summed E-state index contributed by atoms with van der Waals surface area (Å²) in [7, 11) is -4.23. The van der Waals surface area contributed by atoms with Gasteiger partial charge in [0.05, 0.1) is 11.4 Å². The van der Waals surface area contributed by atoms with Crippen molar-refractivity contribution < 1.29 is 13.2 Å². The van der Waals surface area contributed by atoms with Crippen LogP contribution in [0.4, 0.5) is 10.7 Å². The summed E-state index contributed by atoms with van der Waals surface area (Å²) in [5.41, 5.74) is 1.12. The number of urea groups is 1. The first-order valence-corrected chi connectivity index (χ1v) is 7.92. The maximum atomic E-state index is 11.6. The Morgan fingerprint density at radius 3 is 2.25 bits per heavy atom. The molecule has 1 aromatic heterocycles. The predicted molar refractivity (Wildman–Crippen MR) is 75.5 cm³/mol. The van der Waals surface area contributed by atoms with Gasteiger partial charge in [-0.1, -0.05) is 0 Å². The normalized spacial score (nSPS) is 13.1. The Morgan fingerprint density at radius 2 is 1.75 bits per heavy atom. The van der Waals surface area contributed by atoms with Crippen LogP contribution in [0.2, 0.25) is 0 Å². The van der Waals surface area contributed by atoms with Crippen LogP contribution in [0.15, 0.2) is 0 Å². The van der Waals surface area contributed by atoms with Crippen LogP contribution in [0.5, 0.6) is 0 Å². The van der Waals surface area contributed by atoms with Crippen molar-refractivity contribution in [2.45, 2.75) is 23.4 Å². The number of hydrogen-bond acceptors (Lipinski definition) is 6. The van der Waals surface area contributed by atoms with E-state index in [9.17, 15) is 13.2 Å². The summed E-state index contributed by atoms with van der Waals surface area (Å²) >= 11 is 16.1. The van der Waals surface area contributed by atoms with Crippen LogP contribution in [0.25, 0.3) is 0 Å². The second kappa shape index (κ2) is 6.70. The molecule has 0 saturated carbocycles. The van der Waals surface area contributed by atoms with Crippen LogP contribution in [-0.4, -0.2) is 39.2 Å². The fraction of sp³-hybridized carbons (Fsp3) is 0.500. The summed E-state index contributed by atoms with van der Waals surface area (Å²) in [5, 5.41) is 9.40. The summed E-state index contributed by atoms with van der Waals surface area (Å²) in [4.78, 5) is 14.0. The fourth-order valence-corrected chi connectivity index (χ4v) is 2.60. The van der Waals surface area contributed by atoms with E-state index in [4.69, 9.17) is 34.8 Å². The van der Waals surface area contributed by atoms with Crippen LogP contribution in [0.3, 0.4) is 0 Å². The number of nitrogens with one attached hydrogen (secondary N) is 2. The summed E-state index contributed by atoms with van der Waals surface area (Å²) in [5.74, 6) is -0.153. The minimum Gasteiger partial charge on any atom is -0.274 e. The van der Waals surface area contributed by atoms with Crippen molar-refractivity contribution in [1.29, 1.82) is 0 Å². The molecule has 1 heterocycles. The molecule has 8 nitrogen and oxygen atoms in total. The number of aryl methyl sites for hydroxylation is 2. The average Bonchev–Trinajstić information content (AvgIpc) is 2.32. The zero-order chi connectivity index (χ0) is 15.5. The SMILES string of the molecule is Cc1nnc(NC(=O)NS(=O)(=O)C(Cl)C(Cl)Cl)nc1C. The van der Waals surface area contributed by atoms with Gasteiger partial charge >= 0.3 is 6.03 Å². The van der Waals surface area contributed by atoms with Crippen molar-refractivity contribution in [3.8, 4) is 0 Å². The van der Waals surface area contributed by atoms with Crippen molar-refractivity contribution in [1.82, 2.24) is 19.9 Å². The molecule has 0 aliphatic heterocycles. The number of rotatable bonds is 4. The van der Waals surface area contributed by atoms with Crippen LogP contribution < -0.4 is 10.0 Å². The number of amides is 2. The molecule has 1 rings (SSSR count). The first kappa shape index (κ1) is 17.2. The zero-order valence-electron chi connectivity index (χ0n) is 10.3. The van der Waals surface area contributed by atoms with Crippen LogP contribution >= 0.6 is 34.8 Å². The third-order valence-electron chi connectivity index (χ3n) is 2.05. The second-order valence-corrected chi connectivity index (χ2v) is 7.29. The first-order valence-electron chi connectivity index (χ1n) is 5.06. The molecule has 0 aliphatic carbocycles. The molecule has 20 heavy (non-hydrogen) atoms. The van der Waals surface area contributed by atoms with E-state index in [0.717, 1.165) is 0 Å². The third kappa shape index (κ3) is 4.58. The maximum absolute atomic E-state index is 11.6. The standard InChI is InChI=1S/C8H10Cl3N5O3S/c1-3-4(2)14-15-7(12-3)13-8(17)16-20(18,19)6(11)5(9)10/h5-6H,1-2H3,(H2,12,13,15,16,17). The number of anilines is 1. The molecule has 0 aromatic carbocycles. The van der Waals surface area contributed by atoms with Gasteiger partial charge in [0.15, 0.2) is 4.71 Å². The zero-order valence-corrected chi connectivity index (χ0v) is 13.3. The highest BCUT2D eigenvalue weighted by molar-refractivity contribution is 7.92. The highest BCUT2D eigenvalue weighted by Gasteiger charge is 2.31. The Morgan fingerprint density at radius 1 is 1.15 bits per heavy atom. The molecular formula is C8H10Cl3N5O3S. The number of carbonyl (C=O) groups excluding carboxylic acids is 1. The Hall–Kier alpha value is -0.900. The minimum absolute atomic E-state index is 0.153. The van der Waals surface area contributed by atoms with Gasteiger partial charge in [-0.3, -0.25) is 5.32 Å². The highest BCUT2D eigenvalue weighted by atomic mass is 35.5. The molecule has 1 atom stereocenters. The molecule has 0 fully saturated rings. The van der Waals surface area contributed by atoms with Crippen molar-refractivity contribution in [2.24, 2.45) is 0 Å². The predicted octanol–water partition coefficient (Wildman–Crippen LogP) is 1.31. The topological polar surface area (TPSA) is 114 Å². The number of aromatic nitrogens is 3. The van der Waals surface area contributed by atoms with Crippen molar-refractivity contribution in [3.05, 3.63) is 11.4 Å². The second-order valence-electron chi connectivity index (χ2n) is 3.59. The Labute approximate surface area is 130 Å². The van der Waals surface area contributed by atoms with Gasteiger partial charge in [0.1, 0.15) is 4.84 Å². The first-order chi connectivity index (χ1) is 9.13. The van der Waals surface area contributed by atoms with E-state index < -0.39 is 25.6 Å². The lowest BCUT2D eigenvalue weighted by atomic mass is 10.4. The van der Waals surface area contributed by atoms with E-state index in [-0.39, 0.29) is 5.95 Å². The van der Waals surface area contributed by atoms with Gasteiger partial charge in [-0.25, -0.2) is 22.9 Å². The maximum Gasteiger partial charge on any atom is 0.335 e. The van der Waals surface area contributed by atoms with E-state index in [2.05, 4.69) is 20.5 Å². The lowest BCUT2D eigenvalue weighted by Gasteiger charge is -2.12. The Bertz CT molecular complexity index is 609. The molecule has 0 saturated heterocycles. The number of alkyl halides is 3. The molecule has 2 N–H and O–H groups in total. The molecule has 1 unspecified atom stereocenters. The van der Waals surface area contributed by atoms with Crippen LogP contribution in [0, 0.1) is 13.8 Å². The van der Waals surface area contributed by atoms with Gasteiger partial charge in [0, 0.05) is 0 Å². The summed E-state index contributed by atoms with van der Waals surface area (Å²) in [6.45, 7) is 3.34. The summed E-state index contributed by atoms with van der Waals surface area (Å²) in [6.07, 6.45) is 0. The molecule has 0 bridgehead atoms. The summed E-state index contributed by atoms with van der Waals surface area (Å²) < 4.78 is 23.1. The quantitative estimate of drug-likeness (QED) is 0.781. The number of carbonyl (C=O) groups is 1. The van der Waals surface area contributed by atoms with E-state index in [0.29, 0.717) is 11.4 Å². The van der Waals surface area contributed by atoms with Gasteiger partial charge in [0.2, 0.25) is 0 Å². The third-order valence-corrected chi connectivity index (χ3v) is 5.40. The Balaban J connectivity index is 2.75. The van der Waals surface area contributed by atoms with Crippen molar-refractivity contribution >= 4 is 56.8 Å². The number of sulfonamides is 1. The van der Waals surface area contributed by atoms with Gasteiger partial charge in [0.25, 0.3) is 16.0 Å². The molecule has 2 amide bonds. The Kier molecular flexibility index (Phi) is 5.75. The highest BCUT2D eigenvalue weighted by Crippen LogP contribution is 2.18.